The molecule has 1 saturated carbocycles. The van der Waals surface area contributed by atoms with E-state index in [9.17, 15) is 9.90 Å². The molecule has 1 aliphatic carbocycles. The lowest BCUT2D eigenvalue weighted by atomic mass is 9.86. The third-order valence-electron chi connectivity index (χ3n) is 3.63. The van der Waals surface area contributed by atoms with E-state index < -0.39 is 11.0 Å². The molecule has 0 saturated heterocycles. The smallest absolute Gasteiger partial charge is 0.244 e. The van der Waals surface area contributed by atoms with Gasteiger partial charge in [0, 0.05) is 12.6 Å². The van der Waals surface area contributed by atoms with Crippen molar-refractivity contribution in [2.45, 2.75) is 45.6 Å². The topological polar surface area (TPSA) is 73.1 Å². The highest BCUT2D eigenvalue weighted by Gasteiger charge is 2.55. The summed E-state index contributed by atoms with van der Waals surface area (Å²) in [5, 5.41) is 22.2. The summed E-state index contributed by atoms with van der Waals surface area (Å²) in [6.45, 7) is 6.05. The lowest BCUT2D eigenvalue weighted by Crippen LogP contribution is -2.33. The first kappa shape index (κ1) is 15.5. The molecule has 4 nitrogen and oxygen atoms in total. The molecule has 2 N–H and O–H groups in total. The molecule has 1 amide bonds. The summed E-state index contributed by atoms with van der Waals surface area (Å²) in [5.74, 6) is -0.134. The van der Waals surface area contributed by atoms with Gasteiger partial charge >= 0.3 is 0 Å². The average molecular weight is 262 g/mol. The number of carbonyl (C=O) groups excluding carboxylic acids is 1. The first-order valence-corrected chi connectivity index (χ1v) is 6.72. The monoisotopic (exact) mass is 262 g/mol. The van der Waals surface area contributed by atoms with E-state index >= 15 is 0 Å². The van der Waals surface area contributed by atoms with Crippen molar-refractivity contribution in [3.8, 4) is 6.07 Å². The fourth-order valence-electron chi connectivity index (χ4n) is 1.95. The maximum Gasteiger partial charge on any atom is 0.244 e. The van der Waals surface area contributed by atoms with Gasteiger partial charge in [0.2, 0.25) is 5.91 Å². The van der Waals surface area contributed by atoms with Crippen LogP contribution < -0.4 is 5.32 Å². The number of carbonyl (C=O) groups is 1. The maximum atomic E-state index is 11.5. The van der Waals surface area contributed by atoms with Crippen molar-refractivity contribution in [1.29, 1.82) is 5.26 Å². The minimum Gasteiger partial charge on any atom is -0.384 e. The molecule has 0 aromatic heterocycles. The molecule has 19 heavy (non-hydrogen) atoms. The highest BCUT2D eigenvalue weighted by molar-refractivity contribution is 5.88. The van der Waals surface area contributed by atoms with Crippen LogP contribution in [0.1, 0.15) is 40.0 Å². The fraction of sp³-hybridized carbons (Fsp3) is 0.600. The lowest BCUT2D eigenvalue weighted by Gasteiger charge is -2.24. The van der Waals surface area contributed by atoms with Crippen molar-refractivity contribution in [3.05, 3.63) is 23.8 Å². The van der Waals surface area contributed by atoms with Crippen molar-refractivity contribution in [2.24, 2.45) is 5.41 Å². The minimum absolute atomic E-state index is 0.134. The Morgan fingerprint density at radius 3 is 2.58 bits per heavy atom. The van der Waals surface area contributed by atoms with Gasteiger partial charge in [-0.15, -0.1) is 0 Å². The highest BCUT2D eigenvalue weighted by Crippen LogP contribution is 2.54. The Kier molecular flexibility index (Phi) is 4.90. The van der Waals surface area contributed by atoms with Gasteiger partial charge in [-0.1, -0.05) is 19.1 Å². The molecule has 1 atom stereocenters. The van der Waals surface area contributed by atoms with Crippen molar-refractivity contribution in [2.75, 3.05) is 6.54 Å². The van der Waals surface area contributed by atoms with Gasteiger partial charge in [-0.25, -0.2) is 0 Å². The number of nitrogens with one attached hydrogen (secondary N) is 1. The molecule has 1 aliphatic rings. The van der Waals surface area contributed by atoms with E-state index in [1.165, 1.54) is 6.08 Å². The second kappa shape index (κ2) is 6.03. The van der Waals surface area contributed by atoms with Crippen LogP contribution in [-0.2, 0) is 4.79 Å². The Balaban J connectivity index is 2.79. The molecule has 0 bridgehead atoms. The summed E-state index contributed by atoms with van der Waals surface area (Å²) in [6.07, 6.45) is 7.06. The standard InChI is InChI=1S/C15H22N2O2/c1-4-12(10-13(18)17-5-2)6-7-14(3,19)15(11-16)8-9-15/h6-7,10,19H,4-5,8-9H2,1-3H3,(H,17,18)/b7-6+,12-10-/t14-/m1/s1. The van der Waals surface area contributed by atoms with Gasteiger partial charge in [0.25, 0.3) is 0 Å². The van der Waals surface area contributed by atoms with Gasteiger partial charge in [-0.05, 0) is 38.7 Å². The third kappa shape index (κ3) is 3.68. The molecule has 0 unspecified atom stereocenters. The summed E-state index contributed by atoms with van der Waals surface area (Å²) >= 11 is 0. The van der Waals surface area contributed by atoms with Crippen molar-refractivity contribution >= 4 is 5.91 Å². The zero-order valence-electron chi connectivity index (χ0n) is 11.9. The van der Waals surface area contributed by atoms with Crippen LogP contribution in [0.5, 0.6) is 0 Å². The van der Waals surface area contributed by atoms with Gasteiger partial charge in [0.05, 0.1) is 17.1 Å². The molecule has 104 valence electrons. The molecule has 0 spiro atoms. The molecule has 4 heteroatoms. The quantitative estimate of drug-likeness (QED) is 0.568. The number of amides is 1. The molecule has 0 aromatic carbocycles. The zero-order valence-corrected chi connectivity index (χ0v) is 11.9. The Labute approximate surface area is 114 Å². The summed E-state index contributed by atoms with van der Waals surface area (Å²) in [4.78, 5) is 11.5. The van der Waals surface area contributed by atoms with E-state index in [0.717, 1.165) is 18.4 Å². The van der Waals surface area contributed by atoms with E-state index in [4.69, 9.17) is 5.26 Å². The van der Waals surface area contributed by atoms with E-state index in [0.29, 0.717) is 13.0 Å². The van der Waals surface area contributed by atoms with Crippen LogP contribution in [0.4, 0.5) is 0 Å². The molecule has 0 aliphatic heterocycles. The van der Waals surface area contributed by atoms with E-state index in [2.05, 4.69) is 11.4 Å². The van der Waals surface area contributed by atoms with E-state index in [-0.39, 0.29) is 5.91 Å². The molecular weight excluding hydrogens is 240 g/mol. The summed E-state index contributed by atoms with van der Waals surface area (Å²) in [6, 6.07) is 2.20. The van der Waals surface area contributed by atoms with Crippen molar-refractivity contribution < 1.29 is 9.90 Å². The first-order valence-electron chi connectivity index (χ1n) is 6.72. The molecular formula is C15H22N2O2. The molecule has 1 fully saturated rings. The number of likely N-dealkylation sites (N-methyl/N-ethyl adjacent to an activating group) is 1. The summed E-state index contributed by atoms with van der Waals surface area (Å²) < 4.78 is 0. The van der Waals surface area contributed by atoms with Crippen LogP contribution in [-0.4, -0.2) is 23.2 Å². The largest absolute Gasteiger partial charge is 0.384 e. The summed E-state index contributed by atoms with van der Waals surface area (Å²) in [5.41, 5.74) is -0.953. The van der Waals surface area contributed by atoms with Crippen LogP contribution in [0.15, 0.2) is 23.8 Å². The van der Waals surface area contributed by atoms with Crippen LogP contribution in [0.3, 0.4) is 0 Å². The van der Waals surface area contributed by atoms with Gasteiger partial charge in [0.15, 0.2) is 0 Å². The Bertz CT molecular complexity index is 438. The molecule has 0 radical (unpaired) electrons. The number of aliphatic hydroxyl groups is 1. The molecule has 0 heterocycles. The fourth-order valence-corrected chi connectivity index (χ4v) is 1.95. The second-order valence-corrected chi connectivity index (χ2v) is 5.14. The Morgan fingerprint density at radius 2 is 2.16 bits per heavy atom. The van der Waals surface area contributed by atoms with Crippen LogP contribution in [0, 0.1) is 16.7 Å². The number of hydrogen-bond acceptors (Lipinski definition) is 3. The van der Waals surface area contributed by atoms with E-state index in [1.807, 2.05) is 13.8 Å². The predicted octanol–water partition coefficient (Wildman–Crippen LogP) is 2.07. The molecule has 1 rings (SSSR count). The first-order chi connectivity index (χ1) is 8.90. The maximum absolute atomic E-state index is 11.5. The SMILES string of the molecule is CCNC(=O)/C=C(\C=C\[C@@](C)(O)C1(C#N)CC1)CC. The summed E-state index contributed by atoms with van der Waals surface area (Å²) in [7, 11) is 0. The average Bonchev–Trinajstić information content (AvgIpc) is 3.16. The number of rotatable bonds is 6. The number of nitriles is 1. The van der Waals surface area contributed by atoms with Gasteiger partial charge in [-0.2, -0.15) is 5.26 Å². The van der Waals surface area contributed by atoms with Crippen molar-refractivity contribution in [1.82, 2.24) is 5.32 Å². The Morgan fingerprint density at radius 1 is 1.53 bits per heavy atom. The number of allylic oxidation sites excluding steroid dienone is 2. The second-order valence-electron chi connectivity index (χ2n) is 5.14. The number of hydrogen-bond donors (Lipinski definition) is 2. The molecule has 0 aromatic rings. The highest BCUT2D eigenvalue weighted by atomic mass is 16.3. The van der Waals surface area contributed by atoms with E-state index in [1.54, 1.807) is 19.1 Å². The lowest BCUT2D eigenvalue weighted by molar-refractivity contribution is -0.116. The van der Waals surface area contributed by atoms with Crippen LogP contribution in [0.25, 0.3) is 0 Å². The van der Waals surface area contributed by atoms with Gasteiger partial charge < -0.3 is 10.4 Å². The zero-order chi connectivity index (χ0) is 14.5. The minimum atomic E-state index is -1.14. The predicted molar refractivity (Wildman–Crippen MR) is 74.1 cm³/mol. The van der Waals surface area contributed by atoms with Crippen molar-refractivity contribution in [3.63, 3.8) is 0 Å². The van der Waals surface area contributed by atoms with Crippen LogP contribution in [0.2, 0.25) is 0 Å². The van der Waals surface area contributed by atoms with Gasteiger partial charge in [-0.3, -0.25) is 4.79 Å². The third-order valence-corrected chi connectivity index (χ3v) is 3.63. The van der Waals surface area contributed by atoms with Crippen LogP contribution >= 0.6 is 0 Å². The normalized spacial score (nSPS) is 20.7. The Hall–Kier alpha value is -1.60. The van der Waals surface area contributed by atoms with Gasteiger partial charge in [0.1, 0.15) is 0 Å². The number of nitrogens with zero attached hydrogens (tertiary/aromatic N) is 1.